The van der Waals surface area contributed by atoms with Gasteiger partial charge >= 0.3 is 6.18 Å². The maximum Gasteiger partial charge on any atom is 0.391 e. The first-order valence-corrected chi connectivity index (χ1v) is 9.18. The van der Waals surface area contributed by atoms with Crippen LogP contribution < -0.4 is 4.90 Å². The molecule has 1 aliphatic rings. The van der Waals surface area contributed by atoms with Gasteiger partial charge in [0.25, 0.3) is 5.78 Å². The molecule has 0 radical (unpaired) electrons. The van der Waals surface area contributed by atoms with Gasteiger partial charge in [-0.3, -0.25) is 0 Å². The minimum absolute atomic E-state index is 0.0204. The van der Waals surface area contributed by atoms with Gasteiger partial charge in [0.05, 0.1) is 16.5 Å². The van der Waals surface area contributed by atoms with Crippen molar-refractivity contribution in [2.45, 2.75) is 19.0 Å². The standard InChI is InChI=1S/C17H13Cl2F4N5/c18-10-2-1-3-11(20)12(10)13-14(19)26-16-24-8-25-28(16)15(13)27-6-4-9(5-7-27)17(21,22)23/h1-3,8-9H,4-7H2. The van der Waals surface area contributed by atoms with Crippen LogP contribution in [0.4, 0.5) is 23.4 Å². The Morgan fingerprint density at radius 1 is 1.07 bits per heavy atom. The van der Waals surface area contributed by atoms with Crippen LogP contribution in [0.15, 0.2) is 24.5 Å². The van der Waals surface area contributed by atoms with E-state index in [0.717, 1.165) is 0 Å². The predicted octanol–water partition coefficient (Wildman–Crippen LogP) is 5.02. The Morgan fingerprint density at radius 2 is 1.79 bits per heavy atom. The predicted molar refractivity (Wildman–Crippen MR) is 97.2 cm³/mol. The van der Waals surface area contributed by atoms with Gasteiger partial charge < -0.3 is 4.90 Å². The minimum Gasteiger partial charge on any atom is -0.356 e. The zero-order valence-corrected chi connectivity index (χ0v) is 15.7. The third-order valence-electron chi connectivity index (χ3n) is 4.83. The highest BCUT2D eigenvalue weighted by Gasteiger charge is 2.42. The number of aromatic nitrogens is 4. The number of halogens is 6. The van der Waals surface area contributed by atoms with Crippen molar-refractivity contribution >= 4 is 34.8 Å². The van der Waals surface area contributed by atoms with Crippen molar-refractivity contribution in [3.05, 3.63) is 40.5 Å². The molecule has 0 spiro atoms. The highest BCUT2D eigenvalue weighted by Crippen LogP contribution is 2.43. The summed E-state index contributed by atoms with van der Waals surface area (Å²) in [6.07, 6.45) is -3.19. The normalized spacial score (nSPS) is 16.1. The van der Waals surface area contributed by atoms with Gasteiger partial charge in [-0.15, -0.1) is 0 Å². The highest BCUT2D eigenvalue weighted by molar-refractivity contribution is 6.36. The first-order chi connectivity index (χ1) is 13.3. The van der Waals surface area contributed by atoms with Crippen LogP contribution in [-0.4, -0.2) is 38.8 Å². The summed E-state index contributed by atoms with van der Waals surface area (Å²) in [6.45, 7) is 0.192. The van der Waals surface area contributed by atoms with Crippen LogP contribution in [0.2, 0.25) is 10.2 Å². The van der Waals surface area contributed by atoms with Gasteiger partial charge in [0, 0.05) is 18.7 Å². The molecule has 0 atom stereocenters. The summed E-state index contributed by atoms with van der Waals surface area (Å²) in [6, 6.07) is 4.18. The van der Waals surface area contributed by atoms with Crippen molar-refractivity contribution in [2.75, 3.05) is 18.0 Å². The van der Waals surface area contributed by atoms with Crippen molar-refractivity contribution < 1.29 is 17.6 Å². The Morgan fingerprint density at radius 3 is 2.43 bits per heavy atom. The number of alkyl halides is 3. The molecular weight excluding hydrogens is 421 g/mol. The number of piperidine rings is 1. The highest BCUT2D eigenvalue weighted by atomic mass is 35.5. The molecule has 0 saturated carbocycles. The fourth-order valence-corrected chi connectivity index (χ4v) is 3.98. The lowest BCUT2D eigenvalue weighted by atomic mass is 9.95. The van der Waals surface area contributed by atoms with Crippen LogP contribution in [-0.2, 0) is 0 Å². The van der Waals surface area contributed by atoms with Gasteiger partial charge in [-0.25, -0.2) is 4.39 Å². The number of fused-ring (bicyclic) bond motifs is 1. The molecule has 5 nitrogen and oxygen atoms in total. The molecule has 148 valence electrons. The number of rotatable bonds is 2. The van der Waals surface area contributed by atoms with E-state index in [2.05, 4.69) is 15.1 Å². The molecule has 4 rings (SSSR count). The second-order valence-corrected chi connectivity index (χ2v) is 7.24. The first kappa shape index (κ1) is 19.2. The van der Waals surface area contributed by atoms with Crippen LogP contribution in [0.1, 0.15) is 12.8 Å². The summed E-state index contributed by atoms with van der Waals surface area (Å²) in [5.41, 5.74) is 0.195. The molecule has 1 fully saturated rings. The van der Waals surface area contributed by atoms with Crippen molar-refractivity contribution in [3.8, 4) is 11.1 Å². The summed E-state index contributed by atoms with van der Waals surface area (Å²) in [5, 5.41) is 4.15. The molecule has 1 saturated heterocycles. The number of nitrogens with zero attached hydrogens (tertiary/aromatic N) is 5. The second-order valence-electron chi connectivity index (χ2n) is 6.47. The SMILES string of the molecule is Fc1cccc(Cl)c1-c1c(Cl)nc2ncnn2c1N1CCC(C(F)(F)F)CC1. The van der Waals surface area contributed by atoms with E-state index in [4.69, 9.17) is 23.2 Å². The maximum atomic E-state index is 14.6. The summed E-state index contributed by atoms with van der Waals surface area (Å²) in [7, 11) is 0. The van der Waals surface area contributed by atoms with Crippen molar-refractivity contribution in [1.82, 2.24) is 19.6 Å². The van der Waals surface area contributed by atoms with Gasteiger partial charge in [-0.2, -0.15) is 32.8 Å². The topological polar surface area (TPSA) is 46.3 Å². The second kappa shape index (κ2) is 7.04. The Balaban J connectivity index is 1.87. The third-order valence-corrected chi connectivity index (χ3v) is 5.42. The van der Waals surface area contributed by atoms with Crippen LogP contribution in [0.25, 0.3) is 16.9 Å². The third kappa shape index (κ3) is 3.26. The number of anilines is 1. The minimum atomic E-state index is -4.25. The van der Waals surface area contributed by atoms with Gasteiger partial charge in [-0.05, 0) is 25.0 Å². The fraction of sp³-hybridized carbons (Fsp3) is 0.353. The van der Waals surface area contributed by atoms with E-state index in [1.807, 2.05) is 0 Å². The van der Waals surface area contributed by atoms with Crippen LogP contribution in [0.5, 0.6) is 0 Å². The largest absolute Gasteiger partial charge is 0.391 e. The molecule has 2 aromatic heterocycles. The zero-order valence-electron chi connectivity index (χ0n) is 14.2. The zero-order chi connectivity index (χ0) is 20.1. The quantitative estimate of drug-likeness (QED) is 0.420. The van der Waals surface area contributed by atoms with Crippen molar-refractivity contribution in [3.63, 3.8) is 0 Å². The average molecular weight is 434 g/mol. The molecule has 0 bridgehead atoms. The Kier molecular flexibility index (Phi) is 4.83. The lowest BCUT2D eigenvalue weighted by molar-refractivity contribution is -0.179. The summed E-state index contributed by atoms with van der Waals surface area (Å²) >= 11 is 12.6. The molecule has 0 aliphatic carbocycles. The van der Waals surface area contributed by atoms with Gasteiger partial charge in [0.15, 0.2) is 0 Å². The monoisotopic (exact) mass is 433 g/mol. The molecule has 1 aromatic carbocycles. The van der Waals surface area contributed by atoms with Crippen molar-refractivity contribution in [2.24, 2.45) is 5.92 Å². The summed E-state index contributed by atoms with van der Waals surface area (Å²) < 4.78 is 55.1. The Bertz CT molecular complexity index is 1010. The maximum absolute atomic E-state index is 14.6. The number of benzene rings is 1. The lowest BCUT2D eigenvalue weighted by Gasteiger charge is -2.35. The first-order valence-electron chi connectivity index (χ1n) is 8.42. The van der Waals surface area contributed by atoms with E-state index in [9.17, 15) is 17.6 Å². The lowest BCUT2D eigenvalue weighted by Crippen LogP contribution is -2.40. The smallest absolute Gasteiger partial charge is 0.356 e. The molecule has 11 heteroatoms. The van der Waals surface area contributed by atoms with Gasteiger partial charge in [0.2, 0.25) is 0 Å². The molecular formula is C17H13Cl2F4N5. The molecule has 3 heterocycles. The van der Waals surface area contributed by atoms with Gasteiger partial charge in [-0.1, -0.05) is 29.3 Å². The molecule has 28 heavy (non-hydrogen) atoms. The van der Waals surface area contributed by atoms with Crippen LogP contribution >= 0.6 is 23.2 Å². The van der Waals surface area contributed by atoms with Crippen molar-refractivity contribution in [1.29, 1.82) is 0 Å². The van der Waals surface area contributed by atoms with E-state index in [1.165, 1.54) is 29.0 Å². The van der Waals surface area contributed by atoms with E-state index in [0.29, 0.717) is 5.82 Å². The van der Waals surface area contributed by atoms with E-state index >= 15 is 0 Å². The molecule has 0 N–H and O–H groups in total. The van der Waals surface area contributed by atoms with Crippen LogP contribution in [0.3, 0.4) is 0 Å². The molecule has 3 aromatic rings. The number of hydrogen-bond donors (Lipinski definition) is 0. The summed E-state index contributed by atoms with van der Waals surface area (Å²) in [5.74, 6) is -1.52. The Labute approximate surface area is 166 Å². The molecule has 1 aliphatic heterocycles. The molecule has 0 amide bonds. The van der Waals surface area contributed by atoms with E-state index in [1.54, 1.807) is 4.90 Å². The van der Waals surface area contributed by atoms with E-state index < -0.39 is 17.9 Å². The number of hydrogen-bond acceptors (Lipinski definition) is 4. The average Bonchev–Trinajstić information content (AvgIpc) is 3.09. The fourth-order valence-electron chi connectivity index (χ4n) is 3.47. The van der Waals surface area contributed by atoms with E-state index in [-0.39, 0.29) is 53.0 Å². The van der Waals surface area contributed by atoms with Crippen LogP contribution in [0, 0.1) is 11.7 Å². The Hall–Kier alpha value is -2.13. The summed E-state index contributed by atoms with van der Waals surface area (Å²) in [4.78, 5) is 9.81. The molecule has 0 unspecified atom stereocenters. The van der Waals surface area contributed by atoms with Gasteiger partial charge in [0.1, 0.15) is 23.1 Å².